The molecule has 0 saturated carbocycles. The van der Waals surface area contributed by atoms with Gasteiger partial charge in [-0.1, -0.05) is 17.7 Å². The maximum absolute atomic E-state index is 12.4. The molecule has 1 fully saturated rings. The number of benzene rings is 2. The third kappa shape index (κ3) is 4.92. The molecule has 0 aliphatic carbocycles. The standard InChI is InChI=1S/C23H26N4O/c1-17-6-11-22(18(2)14-17)26-23(28)19(15-24)16-25-20-7-9-21(10-8-20)27-12-4-3-5-13-27/h6-11,14,16,25H,3-5,12-13H2,1-2H3,(H,26,28)/b19-16-. The number of hydrogen-bond donors (Lipinski definition) is 2. The van der Waals surface area contributed by atoms with E-state index in [0.29, 0.717) is 5.69 Å². The molecular formula is C23H26N4O. The zero-order chi connectivity index (χ0) is 19.9. The molecule has 0 atom stereocenters. The second-order valence-corrected chi connectivity index (χ2v) is 7.18. The summed E-state index contributed by atoms with van der Waals surface area (Å²) in [5.41, 5.74) is 4.88. The number of anilines is 3. The molecule has 2 aromatic rings. The Kier molecular flexibility index (Phi) is 6.33. The van der Waals surface area contributed by atoms with Crippen LogP contribution < -0.4 is 15.5 Å². The van der Waals surface area contributed by atoms with Crippen molar-refractivity contribution in [3.8, 4) is 6.07 Å². The molecule has 1 aliphatic rings. The minimum atomic E-state index is -0.424. The predicted octanol–water partition coefficient (Wildman–Crippen LogP) is 4.75. The number of hydrogen-bond acceptors (Lipinski definition) is 4. The number of carbonyl (C=O) groups is 1. The number of rotatable bonds is 5. The van der Waals surface area contributed by atoms with Crippen LogP contribution in [0.4, 0.5) is 17.1 Å². The van der Waals surface area contributed by atoms with Crippen molar-refractivity contribution < 1.29 is 4.79 Å². The lowest BCUT2D eigenvalue weighted by Crippen LogP contribution is -2.29. The minimum Gasteiger partial charge on any atom is -0.372 e. The Balaban J connectivity index is 1.64. The van der Waals surface area contributed by atoms with Crippen LogP contribution in [0, 0.1) is 25.2 Å². The number of amides is 1. The van der Waals surface area contributed by atoms with Crippen molar-refractivity contribution in [3.05, 3.63) is 65.4 Å². The number of carbonyl (C=O) groups excluding carboxylic acids is 1. The molecule has 0 bridgehead atoms. The first-order chi connectivity index (χ1) is 13.6. The number of nitriles is 1. The van der Waals surface area contributed by atoms with Crippen molar-refractivity contribution in [2.24, 2.45) is 0 Å². The highest BCUT2D eigenvalue weighted by molar-refractivity contribution is 6.07. The van der Waals surface area contributed by atoms with E-state index in [0.717, 1.165) is 29.9 Å². The molecule has 5 heteroatoms. The first-order valence-corrected chi connectivity index (χ1v) is 9.67. The molecule has 0 unspecified atom stereocenters. The van der Waals surface area contributed by atoms with Crippen molar-refractivity contribution in [2.75, 3.05) is 28.6 Å². The van der Waals surface area contributed by atoms with Gasteiger partial charge in [-0.25, -0.2) is 0 Å². The van der Waals surface area contributed by atoms with Gasteiger partial charge in [-0.05, 0) is 69.0 Å². The monoisotopic (exact) mass is 374 g/mol. The maximum Gasteiger partial charge on any atom is 0.267 e. The second-order valence-electron chi connectivity index (χ2n) is 7.18. The molecule has 28 heavy (non-hydrogen) atoms. The van der Waals surface area contributed by atoms with Gasteiger partial charge in [0, 0.05) is 36.4 Å². The van der Waals surface area contributed by atoms with E-state index in [-0.39, 0.29) is 5.57 Å². The van der Waals surface area contributed by atoms with Crippen molar-refractivity contribution >= 4 is 23.0 Å². The second kappa shape index (κ2) is 9.09. The van der Waals surface area contributed by atoms with E-state index < -0.39 is 5.91 Å². The van der Waals surface area contributed by atoms with Crippen molar-refractivity contribution in [3.63, 3.8) is 0 Å². The maximum atomic E-state index is 12.4. The lowest BCUT2D eigenvalue weighted by molar-refractivity contribution is -0.112. The summed E-state index contributed by atoms with van der Waals surface area (Å²) in [6.45, 7) is 6.13. The highest BCUT2D eigenvalue weighted by Crippen LogP contribution is 2.22. The highest BCUT2D eigenvalue weighted by atomic mass is 16.1. The Bertz CT molecular complexity index is 903. The van der Waals surface area contributed by atoms with Crippen LogP contribution in [-0.4, -0.2) is 19.0 Å². The van der Waals surface area contributed by atoms with Crippen LogP contribution in [0.3, 0.4) is 0 Å². The summed E-state index contributed by atoms with van der Waals surface area (Å²) in [6.07, 6.45) is 5.24. The molecular weight excluding hydrogens is 348 g/mol. The predicted molar refractivity (Wildman–Crippen MR) is 114 cm³/mol. The Morgan fingerprint density at radius 1 is 1.07 bits per heavy atom. The molecule has 0 radical (unpaired) electrons. The van der Waals surface area contributed by atoms with Gasteiger partial charge in [0.25, 0.3) is 5.91 Å². The summed E-state index contributed by atoms with van der Waals surface area (Å²) in [6, 6.07) is 15.8. The van der Waals surface area contributed by atoms with E-state index in [1.54, 1.807) is 0 Å². The average Bonchev–Trinajstić information content (AvgIpc) is 2.72. The van der Waals surface area contributed by atoms with Crippen LogP contribution in [0.5, 0.6) is 0 Å². The molecule has 0 aromatic heterocycles. The zero-order valence-corrected chi connectivity index (χ0v) is 16.5. The summed E-state index contributed by atoms with van der Waals surface area (Å²) in [7, 11) is 0. The molecule has 2 aromatic carbocycles. The molecule has 144 valence electrons. The lowest BCUT2D eigenvalue weighted by atomic mass is 10.1. The van der Waals surface area contributed by atoms with Gasteiger partial charge in [0.2, 0.25) is 0 Å². The van der Waals surface area contributed by atoms with Crippen LogP contribution in [0.1, 0.15) is 30.4 Å². The number of nitrogens with zero attached hydrogens (tertiary/aromatic N) is 2. The van der Waals surface area contributed by atoms with Gasteiger partial charge in [0.05, 0.1) is 0 Å². The molecule has 0 spiro atoms. The van der Waals surface area contributed by atoms with Gasteiger partial charge >= 0.3 is 0 Å². The number of piperidine rings is 1. The highest BCUT2D eigenvalue weighted by Gasteiger charge is 2.12. The van der Waals surface area contributed by atoms with Gasteiger partial charge in [-0.2, -0.15) is 5.26 Å². The fourth-order valence-corrected chi connectivity index (χ4v) is 3.37. The van der Waals surface area contributed by atoms with Gasteiger partial charge in [-0.15, -0.1) is 0 Å². The van der Waals surface area contributed by atoms with Crippen LogP contribution in [0.2, 0.25) is 0 Å². The van der Waals surface area contributed by atoms with E-state index in [4.69, 9.17) is 0 Å². The smallest absolute Gasteiger partial charge is 0.267 e. The Morgan fingerprint density at radius 2 is 1.79 bits per heavy atom. The Hall–Kier alpha value is -3.26. The van der Waals surface area contributed by atoms with E-state index in [1.165, 1.54) is 31.1 Å². The van der Waals surface area contributed by atoms with Crippen LogP contribution in [0.25, 0.3) is 0 Å². The molecule has 1 saturated heterocycles. The summed E-state index contributed by atoms with van der Waals surface area (Å²) in [5, 5.41) is 15.2. The average molecular weight is 374 g/mol. The summed E-state index contributed by atoms with van der Waals surface area (Å²) in [4.78, 5) is 14.8. The molecule has 3 rings (SSSR count). The van der Waals surface area contributed by atoms with E-state index >= 15 is 0 Å². The fraction of sp³-hybridized carbons (Fsp3) is 0.304. The molecule has 5 nitrogen and oxygen atoms in total. The van der Waals surface area contributed by atoms with Crippen molar-refractivity contribution in [1.29, 1.82) is 5.26 Å². The minimum absolute atomic E-state index is 0.0279. The third-order valence-corrected chi connectivity index (χ3v) is 4.97. The third-order valence-electron chi connectivity index (χ3n) is 4.97. The molecule has 1 amide bonds. The van der Waals surface area contributed by atoms with Gasteiger partial charge in [0.15, 0.2) is 0 Å². The fourth-order valence-electron chi connectivity index (χ4n) is 3.37. The van der Waals surface area contributed by atoms with Crippen LogP contribution >= 0.6 is 0 Å². The normalized spacial score (nSPS) is 14.3. The Labute approximate surface area is 166 Å². The zero-order valence-electron chi connectivity index (χ0n) is 16.5. The quantitative estimate of drug-likeness (QED) is 0.585. The van der Waals surface area contributed by atoms with Crippen molar-refractivity contribution in [2.45, 2.75) is 33.1 Å². The van der Waals surface area contributed by atoms with E-state index in [9.17, 15) is 10.1 Å². The topological polar surface area (TPSA) is 68.2 Å². The first-order valence-electron chi connectivity index (χ1n) is 9.67. The largest absolute Gasteiger partial charge is 0.372 e. The number of nitrogens with one attached hydrogen (secondary N) is 2. The molecule has 1 aliphatic heterocycles. The lowest BCUT2D eigenvalue weighted by Gasteiger charge is -2.28. The molecule has 1 heterocycles. The SMILES string of the molecule is Cc1ccc(NC(=O)/C(C#N)=C\Nc2ccc(N3CCCCC3)cc2)c(C)c1. The van der Waals surface area contributed by atoms with Crippen LogP contribution in [-0.2, 0) is 4.79 Å². The van der Waals surface area contributed by atoms with Gasteiger partial charge < -0.3 is 15.5 Å². The number of aryl methyl sites for hydroxylation is 2. The first kappa shape index (κ1) is 19.5. The van der Waals surface area contributed by atoms with Gasteiger partial charge in [0.1, 0.15) is 11.6 Å². The molecule has 2 N–H and O–H groups in total. The van der Waals surface area contributed by atoms with E-state index in [1.807, 2.05) is 50.2 Å². The summed E-state index contributed by atoms with van der Waals surface area (Å²) in [5.74, 6) is -0.424. The van der Waals surface area contributed by atoms with Gasteiger partial charge in [-0.3, -0.25) is 4.79 Å². The summed E-state index contributed by atoms with van der Waals surface area (Å²) >= 11 is 0. The van der Waals surface area contributed by atoms with Crippen molar-refractivity contribution in [1.82, 2.24) is 0 Å². The van der Waals surface area contributed by atoms with E-state index in [2.05, 4.69) is 27.7 Å². The Morgan fingerprint density at radius 3 is 2.43 bits per heavy atom. The summed E-state index contributed by atoms with van der Waals surface area (Å²) < 4.78 is 0. The van der Waals surface area contributed by atoms with Crippen LogP contribution in [0.15, 0.2) is 54.2 Å².